The number of hydrogen-bond donors (Lipinski definition) is 0. The first-order chi connectivity index (χ1) is 21.4. The van der Waals surface area contributed by atoms with Crippen molar-refractivity contribution >= 4 is 34.9 Å². The highest BCUT2D eigenvalue weighted by Gasteiger charge is 2.30. The molecule has 3 amide bonds. The van der Waals surface area contributed by atoms with E-state index < -0.39 is 12.2 Å². The number of imide groups is 1. The summed E-state index contributed by atoms with van der Waals surface area (Å²) in [5.41, 5.74) is 0.759. The summed E-state index contributed by atoms with van der Waals surface area (Å²) in [6.07, 6.45) is 1.16. The molecule has 1 fully saturated rings. The molecule has 2 aromatic heterocycles. The van der Waals surface area contributed by atoms with Crippen molar-refractivity contribution in [1.29, 1.82) is 0 Å². The zero-order valence-corrected chi connectivity index (χ0v) is 23.9. The fraction of sp³-hybridized carbons (Fsp3) is 0.152. The zero-order valence-electron chi connectivity index (χ0n) is 23.9. The largest absolute Gasteiger partial charge is 0.457 e. The van der Waals surface area contributed by atoms with Crippen LogP contribution in [0.5, 0.6) is 23.0 Å². The van der Waals surface area contributed by atoms with Crippen LogP contribution in [-0.4, -0.2) is 70.8 Å². The summed E-state index contributed by atoms with van der Waals surface area (Å²) in [6.45, 7) is 3.02. The van der Waals surface area contributed by atoms with Crippen LogP contribution in [0.2, 0.25) is 0 Å². The van der Waals surface area contributed by atoms with Gasteiger partial charge in [0.15, 0.2) is 5.82 Å². The van der Waals surface area contributed by atoms with Crippen molar-refractivity contribution in [3.05, 3.63) is 109 Å². The molecule has 11 nitrogen and oxygen atoms in total. The Hall–Kier alpha value is -5.68. The highest BCUT2D eigenvalue weighted by atomic mass is 16.6. The standard InChI is InChI=1S/C33H29N5O6/c1-35-18-20-36(21-19-35)31(39)37-17-15-24-22-27(12-13-29(24)37)42-28-14-16-34-30(23-28)38(32(40)43-25-8-4-2-5-9-25)33(41)44-26-10-6-3-7-11-26/h2-17,22-23H,18-21H2,1H3. The third kappa shape index (κ3) is 6.37. The molecule has 0 aliphatic carbocycles. The van der Waals surface area contributed by atoms with E-state index in [4.69, 9.17) is 14.2 Å². The number of rotatable bonds is 5. The molecule has 0 unspecified atom stereocenters. The minimum atomic E-state index is -1.01. The molecule has 0 bridgehead atoms. The Balaban J connectivity index is 1.23. The molecule has 0 saturated carbocycles. The third-order valence-electron chi connectivity index (χ3n) is 7.09. The van der Waals surface area contributed by atoms with E-state index in [-0.39, 0.29) is 23.3 Å². The van der Waals surface area contributed by atoms with Crippen LogP contribution < -0.4 is 19.1 Å². The number of amides is 3. The number of piperazine rings is 1. The van der Waals surface area contributed by atoms with Crippen LogP contribution in [0, 0.1) is 0 Å². The van der Waals surface area contributed by atoms with Crippen molar-refractivity contribution in [3.63, 3.8) is 0 Å². The molecule has 1 saturated heterocycles. The molecule has 5 aromatic rings. The number of fused-ring (bicyclic) bond motifs is 1. The topological polar surface area (TPSA) is 106 Å². The van der Waals surface area contributed by atoms with Crippen LogP contribution in [0.1, 0.15) is 0 Å². The molecule has 3 aromatic carbocycles. The molecular weight excluding hydrogens is 562 g/mol. The first-order valence-electron chi connectivity index (χ1n) is 14.0. The Morgan fingerprint density at radius 2 is 1.32 bits per heavy atom. The molecule has 0 radical (unpaired) electrons. The number of anilines is 1. The van der Waals surface area contributed by atoms with Gasteiger partial charge in [0, 0.05) is 50.0 Å². The van der Waals surface area contributed by atoms with Crippen molar-refractivity contribution in [2.24, 2.45) is 0 Å². The van der Waals surface area contributed by atoms with Crippen molar-refractivity contribution in [2.75, 3.05) is 38.1 Å². The predicted molar refractivity (Wildman–Crippen MR) is 164 cm³/mol. The van der Waals surface area contributed by atoms with E-state index in [0.29, 0.717) is 29.5 Å². The molecule has 0 atom stereocenters. The summed E-state index contributed by atoms with van der Waals surface area (Å²) >= 11 is 0. The number of pyridine rings is 1. The lowest BCUT2D eigenvalue weighted by Crippen LogP contribution is -2.48. The predicted octanol–water partition coefficient (Wildman–Crippen LogP) is 6.25. The van der Waals surface area contributed by atoms with Crippen molar-refractivity contribution < 1.29 is 28.6 Å². The number of ether oxygens (including phenoxy) is 3. The molecule has 1 aliphatic rings. The molecular formula is C33H29N5O6. The van der Waals surface area contributed by atoms with Gasteiger partial charge in [0.05, 0.1) is 5.52 Å². The molecule has 0 spiro atoms. The van der Waals surface area contributed by atoms with Gasteiger partial charge < -0.3 is 24.0 Å². The van der Waals surface area contributed by atoms with Crippen LogP contribution in [0.4, 0.5) is 20.2 Å². The van der Waals surface area contributed by atoms with E-state index in [2.05, 4.69) is 9.88 Å². The first-order valence-corrected chi connectivity index (χ1v) is 14.0. The van der Waals surface area contributed by atoms with Gasteiger partial charge in [-0.3, -0.25) is 4.57 Å². The van der Waals surface area contributed by atoms with E-state index in [1.54, 1.807) is 83.6 Å². The fourth-order valence-corrected chi connectivity index (χ4v) is 4.75. The minimum absolute atomic E-state index is 0.0608. The number of benzene rings is 3. The minimum Gasteiger partial charge on any atom is -0.457 e. The smallest absolute Gasteiger partial charge is 0.430 e. The Morgan fingerprint density at radius 3 is 1.95 bits per heavy atom. The molecule has 44 heavy (non-hydrogen) atoms. The van der Waals surface area contributed by atoms with Crippen molar-refractivity contribution in [1.82, 2.24) is 19.4 Å². The molecule has 0 N–H and O–H groups in total. The van der Waals surface area contributed by atoms with Crippen LogP contribution in [0.15, 0.2) is 109 Å². The average molecular weight is 592 g/mol. The summed E-state index contributed by atoms with van der Waals surface area (Å²) in [6, 6.07) is 26.9. The Bertz CT molecular complexity index is 1730. The van der Waals surface area contributed by atoms with Gasteiger partial charge >= 0.3 is 18.2 Å². The average Bonchev–Trinajstić information content (AvgIpc) is 3.46. The molecule has 11 heteroatoms. The first kappa shape index (κ1) is 28.4. The van der Waals surface area contributed by atoms with Gasteiger partial charge in [-0.1, -0.05) is 36.4 Å². The van der Waals surface area contributed by atoms with E-state index in [1.807, 2.05) is 30.1 Å². The maximum absolute atomic E-state index is 13.2. The number of carbonyl (C=O) groups excluding carboxylic acids is 3. The summed E-state index contributed by atoms with van der Waals surface area (Å²) < 4.78 is 18.6. The van der Waals surface area contributed by atoms with E-state index in [9.17, 15) is 14.4 Å². The maximum Gasteiger partial charge on any atom is 0.430 e. The number of para-hydroxylation sites is 2. The number of carbonyl (C=O) groups is 3. The van der Waals surface area contributed by atoms with Crippen molar-refractivity contribution in [2.45, 2.75) is 0 Å². The molecule has 3 heterocycles. The number of aromatic nitrogens is 2. The van der Waals surface area contributed by atoms with Crippen LogP contribution in [0.3, 0.4) is 0 Å². The van der Waals surface area contributed by atoms with Gasteiger partial charge in [-0.2, -0.15) is 4.90 Å². The van der Waals surface area contributed by atoms with E-state index in [1.165, 1.54) is 12.3 Å². The molecule has 222 valence electrons. The lowest BCUT2D eigenvalue weighted by Gasteiger charge is -2.32. The van der Waals surface area contributed by atoms with E-state index in [0.717, 1.165) is 24.0 Å². The SMILES string of the molecule is CN1CCN(C(=O)n2ccc3cc(Oc4ccnc(N(C(=O)Oc5ccccc5)C(=O)Oc5ccccc5)c4)ccc32)CC1. The Morgan fingerprint density at radius 1 is 0.705 bits per heavy atom. The second kappa shape index (κ2) is 12.7. The van der Waals surface area contributed by atoms with Gasteiger partial charge in [0.1, 0.15) is 23.0 Å². The Labute approximate surface area is 253 Å². The van der Waals surface area contributed by atoms with Crippen LogP contribution >= 0.6 is 0 Å². The van der Waals surface area contributed by atoms with Gasteiger partial charge in [-0.15, -0.1) is 0 Å². The van der Waals surface area contributed by atoms with E-state index >= 15 is 0 Å². The lowest BCUT2D eigenvalue weighted by atomic mass is 10.2. The summed E-state index contributed by atoms with van der Waals surface area (Å²) in [5.74, 6) is 1.23. The third-order valence-corrected chi connectivity index (χ3v) is 7.09. The summed E-state index contributed by atoms with van der Waals surface area (Å²) in [4.78, 5) is 48.6. The highest BCUT2D eigenvalue weighted by molar-refractivity contribution is 6.09. The monoisotopic (exact) mass is 591 g/mol. The van der Waals surface area contributed by atoms with Crippen LogP contribution in [-0.2, 0) is 0 Å². The Kier molecular flexibility index (Phi) is 8.19. The second-order valence-electron chi connectivity index (χ2n) is 10.1. The number of hydrogen-bond acceptors (Lipinski definition) is 8. The van der Waals surface area contributed by atoms with Gasteiger partial charge in [-0.25, -0.2) is 19.4 Å². The lowest BCUT2D eigenvalue weighted by molar-refractivity contribution is 0.156. The van der Waals surface area contributed by atoms with Gasteiger partial charge in [-0.05, 0) is 61.6 Å². The van der Waals surface area contributed by atoms with Gasteiger partial charge in [0.2, 0.25) is 0 Å². The fourth-order valence-electron chi connectivity index (χ4n) is 4.75. The normalized spacial score (nSPS) is 13.3. The number of nitrogens with zero attached hydrogens (tertiary/aromatic N) is 5. The highest BCUT2D eigenvalue weighted by Crippen LogP contribution is 2.29. The number of likely N-dealkylation sites (N-methyl/N-ethyl adjacent to an activating group) is 1. The quantitative estimate of drug-likeness (QED) is 0.236. The zero-order chi connectivity index (χ0) is 30.5. The maximum atomic E-state index is 13.2. The molecule has 1 aliphatic heterocycles. The summed E-state index contributed by atoms with van der Waals surface area (Å²) in [5, 5.41) is 0.818. The van der Waals surface area contributed by atoms with Crippen LogP contribution in [0.25, 0.3) is 10.9 Å². The van der Waals surface area contributed by atoms with Crippen molar-refractivity contribution in [3.8, 4) is 23.0 Å². The molecule has 6 rings (SSSR count). The summed E-state index contributed by atoms with van der Waals surface area (Å²) in [7, 11) is 2.05. The second-order valence-corrected chi connectivity index (χ2v) is 10.1. The van der Waals surface area contributed by atoms with Gasteiger partial charge in [0.25, 0.3) is 0 Å².